The molecule has 2 aromatic carbocycles. The molecule has 2 saturated carbocycles. The zero-order chi connectivity index (χ0) is 24.3. The van der Waals surface area contributed by atoms with Crippen LogP contribution in [0.1, 0.15) is 42.4 Å². The minimum Gasteiger partial charge on any atom is -0.491 e. The van der Waals surface area contributed by atoms with Crippen molar-refractivity contribution in [2.45, 2.75) is 38.6 Å². The van der Waals surface area contributed by atoms with Crippen LogP contribution in [0.3, 0.4) is 0 Å². The molecule has 6 rings (SSSR count). The second-order valence-electron chi connectivity index (χ2n) is 10.4. The third-order valence-corrected chi connectivity index (χ3v) is 8.06. The number of pyridine rings is 1. The van der Waals surface area contributed by atoms with Crippen LogP contribution in [0.15, 0.2) is 67.0 Å². The van der Waals surface area contributed by atoms with Crippen LogP contribution in [-0.4, -0.2) is 42.2 Å². The summed E-state index contributed by atoms with van der Waals surface area (Å²) in [4.78, 5) is 19.9. The number of aromatic nitrogens is 1. The summed E-state index contributed by atoms with van der Waals surface area (Å²) in [6.45, 7) is 2.80. The maximum atomic E-state index is 13.5. The summed E-state index contributed by atoms with van der Waals surface area (Å²) < 4.78 is 12.1. The van der Waals surface area contributed by atoms with Crippen LogP contribution >= 0.6 is 0 Å². The predicted molar refractivity (Wildman–Crippen MR) is 140 cm³/mol. The number of ether oxygens (including phenoxy) is 2. The number of carbonyl (C=O) groups is 1. The molecule has 5 heteroatoms. The van der Waals surface area contributed by atoms with Crippen molar-refractivity contribution in [2.75, 3.05) is 26.4 Å². The van der Waals surface area contributed by atoms with Crippen molar-refractivity contribution in [1.82, 2.24) is 9.88 Å². The van der Waals surface area contributed by atoms with Crippen molar-refractivity contribution >= 4 is 5.91 Å². The lowest BCUT2D eigenvalue weighted by atomic mass is 9.98. The zero-order valence-electron chi connectivity index (χ0n) is 20.8. The first-order chi connectivity index (χ1) is 17.8. The molecule has 1 amide bonds. The second-order valence-corrected chi connectivity index (χ2v) is 10.4. The molecule has 2 unspecified atom stereocenters. The highest BCUT2D eigenvalue weighted by Gasteiger charge is 2.55. The fourth-order valence-corrected chi connectivity index (χ4v) is 6.17. The smallest absolute Gasteiger partial charge is 0.226 e. The third kappa shape index (κ3) is 5.03. The molecule has 2 atom stereocenters. The van der Waals surface area contributed by atoms with E-state index >= 15 is 0 Å². The fraction of sp³-hybridized carbons (Fsp3) is 0.419. The molecular weight excluding hydrogens is 448 g/mol. The molecule has 186 valence electrons. The Hall–Kier alpha value is -3.18. The van der Waals surface area contributed by atoms with Crippen LogP contribution in [0.2, 0.25) is 0 Å². The number of amides is 1. The standard InChI is InChI=1S/C31H34N2O3/c34-31(30-27-8-1-2-9-28(27)30)33-13-14-35-15-16-36-29-11-10-24(25-7-4-12-32-20-25)19-26(29)18-22-5-3-6-23(17-22)21-33/h3-7,10-12,17,19-20,27-28,30H,1-2,8-9,13-16,18,21H2. The predicted octanol–water partition coefficient (Wildman–Crippen LogP) is 5.51. The van der Waals surface area contributed by atoms with E-state index in [1.165, 1.54) is 36.8 Å². The lowest BCUT2D eigenvalue weighted by Crippen LogP contribution is -2.35. The molecule has 2 aliphatic carbocycles. The molecule has 3 aliphatic rings. The quantitative estimate of drug-likeness (QED) is 0.483. The Kier molecular flexibility index (Phi) is 6.73. The van der Waals surface area contributed by atoms with Crippen LogP contribution in [0.4, 0.5) is 0 Å². The molecule has 0 saturated heterocycles. The number of fused-ring (bicyclic) bond motifs is 4. The van der Waals surface area contributed by atoms with E-state index in [-0.39, 0.29) is 5.92 Å². The summed E-state index contributed by atoms with van der Waals surface area (Å²) >= 11 is 0. The summed E-state index contributed by atoms with van der Waals surface area (Å²) in [5.41, 5.74) is 5.75. The number of benzene rings is 2. The first-order valence-electron chi connectivity index (χ1n) is 13.4. The van der Waals surface area contributed by atoms with E-state index in [2.05, 4.69) is 53.5 Å². The first kappa shape index (κ1) is 23.2. The summed E-state index contributed by atoms with van der Waals surface area (Å²) in [6, 6.07) is 19.1. The Morgan fingerprint density at radius 3 is 2.58 bits per heavy atom. The molecule has 2 heterocycles. The SMILES string of the molecule is O=C(C1C2CCCCC21)N1CCOCCOc2ccc(-c3cccnc3)cc2Cc2cccc(c2)C1. The number of nitrogens with zero attached hydrogens (tertiary/aromatic N) is 2. The van der Waals surface area contributed by atoms with Gasteiger partial charge >= 0.3 is 0 Å². The van der Waals surface area contributed by atoms with Gasteiger partial charge in [0.15, 0.2) is 0 Å². The van der Waals surface area contributed by atoms with Crippen molar-refractivity contribution < 1.29 is 14.3 Å². The minimum absolute atomic E-state index is 0.232. The molecule has 2 bridgehead atoms. The van der Waals surface area contributed by atoms with Crippen LogP contribution in [-0.2, 0) is 22.5 Å². The Labute approximate surface area is 213 Å². The van der Waals surface area contributed by atoms with E-state index in [1.807, 2.05) is 17.2 Å². The average Bonchev–Trinajstić information content (AvgIpc) is 3.65. The van der Waals surface area contributed by atoms with Gasteiger partial charge in [0.2, 0.25) is 5.91 Å². The third-order valence-electron chi connectivity index (χ3n) is 8.06. The number of hydrogen-bond donors (Lipinski definition) is 0. The van der Waals surface area contributed by atoms with Gasteiger partial charge in [-0.25, -0.2) is 0 Å². The molecule has 1 aliphatic heterocycles. The van der Waals surface area contributed by atoms with Gasteiger partial charge in [0.1, 0.15) is 12.4 Å². The average molecular weight is 483 g/mol. The van der Waals surface area contributed by atoms with Crippen molar-refractivity contribution in [2.24, 2.45) is 17.8 Å². The Bertz CT molecular complexity index is 1200. The van der Waals surface area contributed by atoms with Crippen LogP contribution in [0, 0.1) is 17.8 Å². The Morgan fingerprint density at radius 2 is 1.75 bits per heavy atom. The molecule has 0 radical (unpaired) electrons. The molecule has 0 spiro atoms. The number of carbonyl (C=O) groups excluding carboxylic acids is 1. The summed E-state index contributed by atoms with van der Waals surface area (Å²) in [5.74, 6) is 2.68. The molecule has 0 N–H and O–H groups in total. The second kappa shape index (κ2) is 10.4. The van der Waals surface area contributed by atoms with Gasteiger partial charge in [0.05, 0.1) is 13.2 Å². The van der Waals surface area contributed by atoms with Gasteiger partial charge in [0.25, 0.3) is 0 Å². The van der Waals surface area contributed by atoms with E-state index in [1.54, 1.807) is 6.20 Å². The highest BCUT2D eigenvalue weighted by atomic mass is 16.5. The number of hydrogen-bond acceptors (Lipinski definition) is 4. The lowest BCUT2D eigenvalue weighted by Gasteiger charge is -2.24. The molecule has 2 fully saturated rings. The maximum absolute atomic E-state index is 13.5. The van der Waals surface area contributed by atoms with Gasteiger partial charge in [-0.15, -0.1) is 0 Å². The molecule has 1 aromatic heterocycles. The van der Waals surface area contributed by atoms with Gasteiger partial charge in [-0.05, 0) is 65.1 Å². The van der Waals surface area contributed by atoms with Crippen molar-refractivity contribution in [3.05, 3.63) is 83.7 Å². The summed E-state index contributed by atoms with van der Waals surface area (Å²) in [7, 11) is 0. The zero-order valence-corrected chi connectivity index (χ0v) is 20.8. The lowest BCUT2D eigenvalue weighted by molar-refractivity contribution is -0.134. The van der Waals surface area contributed by atoms with E-state index in [0.717, 1.165) is 28.9 Å². The highest BCUT2D eigenvalue weighted by molar-refractivity contribution is 5.82. The van der Waals surface area contributed by atoms with Gasteiger partial charge in [0, 0.05) is 43.4 Å². The van der Waals surface area contributed by atoms with Crippen molar-refractivity contribution in [3.8, 4) is 16.9 Å². The number of rotatable bonds is 2. The molecule has 36 heavy (non-hydrogen) atoms. The monoisotopic (exact) mass is 482 g/mol. The van der Waals surface area contributed by atoms with E-state index < -0.39 is 0 Å². The van der Waals surface area contributed by atoms with Crippen molar-refractivity contribution in [3.63, 3.8) is 0 Å². The van der Waals surface area contributed by atoms with Gasteiger partial charge in [-0.3, -0.25) is 9.78 Å². The fourth-order valence-electron chi connectivity index (χ4n) is 6.17. The van der Waals surface area contributed by atoms with E-state index in [0.29, 0.717) is 50.7 Å². The van der Waals surface area contributed by atoms with Gasteiger partial charge < -0.3 is 14.4 Å². The molecule has 5 nitrogen and oxygen atoms in total. The largest absolute Gasteiger partial charge is 0.491 e. The highest BCUT2D eigenvalue weighted by Crippen LogP contribution is 2.56. The first-order valence-corrected chi connectivity index (χ1v) is 13.4. The van der Waals surface area contributed by atoms with E-state index in [4.69, 9.17) is 9.47 Å². The Morgan fingerprint density at radius 1 is 0.889 bits per heavy atom. The Balaban J connectivity index is 1.26. The summed E-state index contributed by atoms with van der Waals surface area (Å²) in [6.07, 6.45) is 9.45. The summed E-state index contributed by atoms with van der Waals surface area (Å²) in [5, 5.41) is 0. The van der Waals surface area contributed by atoms with Gasteiger partial charge in [-0.2, -0.15) is 0 Å². The van der Waals surface area contributed by atoms with Crippen molar-refractivity contribution in [1.29, 1.82) is 0 Å². The minimum atomic E-state index is 0.232. The van der Waals surface area contributed by atoms with E-state index in [9.17, 15) is 4.79 Å². The maximum Gasteiger partial charge on any atom is 0.226 e. The normalized spacial score (nSPS) is 24.0. The molecular formula is C31H34N2O3. The van der Waals surface area contributed by atoms with Crippen LogP contribution < -0.4 is 4.74 Å². The van der Waals surface area contributed by atoms with Crippen LogP contribution in [0.25, 0.3) is 11.1 Å². The van der Waals surface area contributed by atoms with Gasteiger partial charge in [-0.1, -0.05) is 49.2 Å². The molecule has 3 aromatic rings. The topological polar surface area (TPSA) is 51.7 Å². The van der Waals surface area contributed by atoms with Crippen LogP contribution in [0.5, 0.6) is 5.75 Å².